The van der Waals surface area contributed by atoms with Gasteiger partial charge in [-0.1, -0.05) is 43.5 Å². The molecule has 166 valence electrons. The van der Waals surface area contributed by atoms with E-state index in [9.17, 15) is 9.59 Å². The summed E-state index contributed by atoms with van der Waals surface area (Å²) in [5, 5.41) is 0. The fourth-order valence-corrected chi connectivity index (χ4v) is 3.99. The largest absolute Gasteiger partial charge is 0.465 e. The van der Waals surface area contributed by atoms with Crippen molar-refractivity contribution in [1.82, 2.24) is 0 Å². The standard InChI is InChI=1S/C26H33NO4/c1-26(2,3)31-25(29)27(18-19-10-12-22(13-11-19)24(28)30-4)23-16-14-21(15-17-23)20-8-6-5-7-9-20/h10-17,20H,5-9,18H2,1-4H3. The van der Waals surface area contributed by atoms with Crippen molar-refractivity contribution in [3.63, 3.8) is 0 Å². The van der Waals surface area contributed by atoms with E-state index in [1.54, 1.807) is 17.0 Å². The number of carbonyl (C=O) groups excluding carboxylic acids is 2. The lowest BCUT2D eigenvalue weighted by Crippen LogP contribution is -2.36. The number of esters is 1. The predicted octanol–water partition coefficient (Wildman–Crippen LogP) is 6.46. The van der Waals surface area contributed by atoms with Crippen LogP contribution in [0.15, 0.2) is 48.5 Å². The molecule has 5 heteroatoms. The minimum absolute atomic E-state index is 0.346. The van der Waals surface area contributed by atoms with Gasteiger partial charge >= 0.3 is 12.1 Å². The zero-order valence-electron chi connectivity index (χ0n) is 19.0. The number of nitrogens with zero attached hydrogens (tertiary/aromatic N) is 1. The van der Waals surface area contributed by atoms with E-state index in [1.807, 2.05) is 45.0 Å². The molecule has 31 heavy (non-hydrogen) atoms. The van der Waals surface area contributed by atoms with Gasteiger partial charge in [-0.2, -0.15) is 0 Å². The minimum atomic E-state index is -0.591. The predicted molar refractivity (Wildman–Crippen MR) is 122 cm³/mol. The van der Waals surface area contributed by atoms with E-state index in [4.69, 9.17) is 9.47 Å². The molecule has 0 N–H and O–H groups in total. The molecular formula is C26H33NO4. The van der Waals surface area contributed by atoms with Gasteiger partial charge in [0.25, 0.3) is 0 Å². The highest BCUT2D eigenvalue weighted by Crippen LogP contribution is 2.33. The van der Waals surface area contributed by atoms with Gasteiger partial charge in [-0.15, -0.1) is 0 Å². The third kappa shape index (κ3) is 6.33. The van der Waals surface area contributed by atoms with Crippen molar-refractivity contribution >= 4 is 17.7 Å². The molecule has 2 aromatic carbocycles. The molecule has 0 aliphatic heterocycles. The van der Waals surface area contributed by atoms with Crippen LogP contribution in [0, 0.1) is 0 Å². The van der Waals surface area contributed by atoms with Crippen molar-refractivity contribution in [2.45, 2.75) is 70.9 Å². The first kappa shape index (κ1) is 22.9. The van der Waals surface area contributed by atoms with E-state index in [1.165, 1.54) is 44.8 Å². The Balaban J connectivity index is 1.82. The smallest absolute Gasteiger partial charge is 0.415 e. The van der Waals surface area contributed by atoms with Crippen LogP contribution in [0.5, 0.6) is 0 Å². The Bertz CT molecular complexity index is 875. The molecule has 0 unspecified atom stereocenters. The van der Waals surface area contributed by atoms with Gasteiger partial charge in [0.15, 0.2) is 0 Å². The molecule has 2 aromatic rings. The van der Waals surface area contributed by atoms with Gasteiger partial charge in [0, 0.05) is 5.69 Å². The number of carbonyl (C=O) groups is 2. The average molecular weight is 424 g/mol. The fourth-order valence-electron chi connectivity index (χ4n) is 3.99. The second kappa shape index (κ2) is 9.99. The molecular weight excluding hydrogens is 390 g/mol. The van der Waals surface area contributed by atoms with Gasteiger partial charge < -0.3 is 9.47 Å². The summed E-state index contributed by atoms with van der Waals surface area (Å²) in [6, 6.07) is 15.4. The Kier molecular flexibility index (Phi) is 7.37. The first-order valence-corrected chi connectivity index (χ1v) is 11.0. The maximum atomic E-state index is 13.0. The molecule has 3 rings (SSSR count). The van der Waals surface area contributed by atoms with Crippen LogP contribution in [-0.4, -0.2) is 24.8 Å². The molecule has 0 atom stereocenters. The van der Waals surface area contributed by atoms with Gasteiger partial charge in [-0.05, 0) is 74.9 Å². The summed E-state index contributed by atoms with van der Waals surface area (Å²) < 4.78 is 10.4. The van der Waals surface area contributed by atoms with E-state index in [0.29, 0.717) is 18.0 Å². The third-order valence-electron chi connectivity index (χ3n) is 5.61. The summed E-state index contributed by atoms with van der Waals surface area (Å²) >= 11 is 0. The van der Waals surface area contributed by atoms with E-state index in [-0.39, 0.29) is 5.97 Å². The summed E-state index contributed by atoms with van der Waals surface area (Å²) in [7, 11) is 1.36. The Labute approximate surface area is 185 Å². The number of ether oxygens (including phenoxy) is 2. The van der Waals surface area contributed by atoms with Crippen molar-refractivity contribution in [1.29, 1.82) is 0 Å². The highest BCUT2D eigenvalue weighted by atomic mass is 16.6. The van der Waals surface area contributed by atoms with Crippen LogP contribution in [0.1, 0.15) is 80.3 Å². The number of hydrogen-bond donors (Lipinski definition) is 0. The topological polar surface area (TPSA) is 55.8 Å². The van der Waals surface area contributed by atoms with E-state index >= 15 is 0 Å². The first-order valence-electron chi connectivity index (χ1n) is 11.0. The van der Waals surface area contributed by atoms with E-state index < -0.39 is 11.7 Å². The van der Waals surface area contributed by atoms with E-state index in [0.717, 1.165) is 11.3 Å². The SMILES string of the molecule is COC(=O)c1ccc(CN(C(=O)OC(C)(C)C)c2ccc(C3CCCCC3)cc2)cc1. The number of anilines is 1. The highest BCUT2D eigenvalue weighted by molar-refractivity contribution is 5.90. The van der Waals surface area contributed by atoms with Gasteiger partial charge in [0.05, 0.1) is 19.2 Å². The third-order valence-corrected chi connectivity index (χ3v) is 5.61. The Morgan fingerprint density at radius 3 is 2.10 bits per heavy atom. The number of amides is 1. The van der Waals surface area contributed by atoms with E-state index in [2.05, 4.69) is 12.1 Å². The van der Waals surface area contributed by atoms with Crippen LogP contribution < -0.4 is 4.90 Å². The van der Waals surface area contributed by atoms with Crippen molar-refractivity contribution in [3.05, 3.63) is 65.2 Å². The van der Waals surface area contributed by atoms with Crippen molar-refractivity contribution in [3.8, 4) is 0 Å². The highest BCUT2D eigenvalue weighted by Gasteiger charge is 2.24. The lowest BCUT2D eigenvalue weighted by Gasteiger charge is -2.28. The van der Waals surface area contributed by atoms with Crippen molar-refractivity contribution in [2.24, 2.45) is 0 Å². The molecule has 0 aromatic heterocycles. The van der Waals surface area contributed by atoms with Crippen molar-refractivity contribution in [2.75, 3.05) is 12.0 Å². The molecule has 1 fully saturated rings. The molecule has 1 amide bonds. The summed E-state index contributed by atoms with van der Waals surface area (Å²) in [6.07, 6.45) is 5.99. The summed E-state index contributed by atoms with van der Waals surface area (Å²) in [6.45, 7) is 5.93. The summed E-state index contributed by atoms with van der Waals surface area (Å²) in [5.41, 5.74) is 2.93. The zero-order chi connectivity index (χ0) is 22.4. The summed E-state index contributed by atoms with van der Waals surface area (Å²) in [5.74, 6) is 0.234. The molecule has 0 saturated heterocycles. The average Bonchev–Trinajstić information content (AvgIpc) is 2.77. The Hall–Kier alpha value is -2.82. The number of benzene rings is 2. The maximum absolute atomic E-state index is 13.0. The molecule has 1 aliphatic rings. The normalized spacial score (nSPS) is 14.7. The lowest BCUT2D eigenvalue weighted by molar-refractivity contribution is 0.0573. The fraction of sp³-hybridized carbons (Fsp3) is 0.462. The number of rotatable bonds is 5. The van der Waals surface area contributed by atoms with Gasteiger partial charge in [0.2, 0.25) is 0 Å². The zero-order valence-corrected chi connectivity index (χ0v) is 19.0. The second-order valence-corrected chi connectivity index (χ2v) is 9.18. The first-order chi connectivity index (χ1) is 14.8. The lowest BCUT2D eigenvalue weighted by atomic mass is 9.84. The van der Waals surface area contributed by atoms with Gasteiger partial charge in [-0.25, -0.2) is 9.59 Å². The second-order valence-electron chi connectivity index (χ2n) is 9.18. The maximum Gasteiger partial charge on any atom is 0.415 e. The number of hydrogen-bond acceptors (Lipinski definition) is 4. The molecule has 0 spiro atoms. The monoisotopic (exact) mass is 423 g/mol. The molecule has 0 heterocycles. The van der Waals surface area contributed by atoms with Crippen LogP contribution in [0.2, 0.25) is 0 Å². The molecule has 1 saturated carbocycles. The minimum Gasteiger partial charge on any atom is -0.465 e. The molecule has 1 aliphatic carbocycles. The quantitative estimate of drug-likeness (QED) is 0.518. The molecule has 0 bridgehead atoms. The van der Waals surface area contributed by atoms with Crippen molar-refractivity contribution < 1.29 is 19.1 Å². The van der Waals surface area contributed by atoms with Crippen LogP contribution in [0.4, 0.5) is 10.5 Å². The molecule has 5 nitrogen and oxygen atoms in total. The molecule has 0 radical (unpaired) electrons. The van der Waals surface area contributed by atoms with Crippen LogP contribution in [0.25, 0.3) is 0 Å². The number of methoxy groups -OCH3 is 1. The Morgan fingerprint density at radius 1 is 0.935 bits per heavy atom. The van der Waals surface area contributed by atoms with Crippen LogP contribution in [0.3, 0.4) is 0 Å². The van der Waals surface area contributed by atoms with Gasteiger partial charge in [0.1, 0.15) is 5.60 Å². The summed E-state index contributed by atoms with van der Waals surface area (Å²) in [4.78, 5) is 26.3. The Morgan fingerprint density at radius 2 is 1.55 bits per heavy atom. The van der Waals surface area contributed by atoms with Crippen LogP contribution in [-0.2, 0) is 16.0 Å². The van der Waals surface area contributed by atoms with Crippen LogP contribution >= 0.6 is 0 Å². The van der Waals surface area contributed by atoms with Gasteiger partial charge in [-0.3, -0.25) is 4.90 Å².